The molecule has 0 aromatic heterocycles. The van der Waals surface area contributed by atoms with Crippen LogP contribution in [0.3, 0.4) is 0 Å². The number of rotatable bonds is 5. The molecule has 0 saturated carbocycles. The van der Waals surface area contributed by atoms with E-state index in [4.69, 9.17) is 0 Å². The zero-order chi connectivity index (χ0) is 20.3. The normalized spacial score (nSPS) is 11.1. The predicted octanol–water partition coefficient (Wildman–Crippen LogP) is 4.33. The van der Waals surface area contributed by atoms with Crippen LogP contribution in [0.5, 0.6) is 0 Å². The number of aryl methyl sites for hydroxylation is 1. The Balaban J connectivity index is 1.90. The lowest BCUT2D eigenvalue weighted by molar-refractivity contribution is 0.102. The molecule has 0 heterocycles. The molecule has 0 atom stereocenters. The third-order valence-corrected chi connectivity index (χ3v) is 5.18. The van der Waals surface area contributed by atoms with Crippen molar-refractivity contribution in [2.45, 2.75) is 11.8 Å². The molecule has 3 rings (SSSR count). The highest BCUT2D eigenvalue weighted by atomic mass is 32.2. The van der Waals surface area contributed by atoms with Gasteiger partial charge in [0.2, 0.25) is 0 Å². The molecule has 3 aromatic carbocycles. The van der Waals surface area contributed by atoms with Crippen molar-refractivity contribution in [1.29, 1.82) is 0 Å². The standard InChI is InChI=1S/C20H16F2N2O3S/c1-13-5-4-6-16(9-13)23-20(25)18-7-2-3-8-19(18)24-28(26,27)17-11-14(21)10-15(22)12-17/h2-12,24H,1H3,(H,23,25). The first-order valence-corrected chi connectivity index (χ1v) is 9.69. The monoisotopic (exact) mass is 402 g/mol. The van der Waals surface area contributed by atoms with Crippen molar-refractivity contribution in [2.24, 2.45) is 0 Å². The Bertz CT molecular complexity index is 1130. The number of anilines is 2. The fraction of sp³-hybridized carbons (Fsp3) is 0.0500. The van der Waals surface area contributed by atoms with Gasteiger partial charge in [-0.1, -0.05) is 24.3 Å². The molecule has 3 aromatic rings. The summed E-state index contributed by atoms with van der Waals surface area (Å²) < 4.78 is 54.0. The van der Waals surface area contributed by atoms with E-state index in [0.717, 1.165) is 5.56 Å². The zero-order valence-corrected chi connectivity index (χ0v) is 15.6. The van der Waals surface area contributed by atoms with E-state index in [2.05, 4.69) is 10.0 Å². The Morgan fingerprint density at radius 3 is 2.25 bits per heavy atom. The third kappa shape index (κ3) is 4.52. The van der Waals surface area contributed by atoms with E-state index >= 15 is 0 Å². The van der Waals surface area contributed by atoms with Crippen LogP contribution in [0.2, 0.25) is 0 Å². The topological polar surface area (TPSA) is 75.3 Å². The van der Waals surface area contributed by atoms with Crippen LogP contribution in [0.15, 0.2) is 71.6 Å². The van der Waals surface area contributed by atoms with Crippen LogP contribution in [0, 0.1) is 18.6 Å². The van der Waals surface area contributed by atoms with Crippen LogP contribution in [0.4, 0.5) is 20.2 Å². The first-order chi connectivity index (χ1) is 13.2. The molecule has 8 heteroatoms. The van der Waals surface area contributed by atoms with Gasteiger partial charge in [0.1, 0.15) is 11.6 Å². The van der Waals surface area contributed by atoms with Gasteiger partial charge in [0, 0.05) is 11.8 Å². The molecule has 0 bridgehead atoms. The second-order valence-corrected chi connectivity index (χ2v) is 7.76. The van der Waals surface area contributed by atoms with E-state index in [-0.39, 0.29) is 11.3 Å². The smallest absolute Gasteiger partial charge is 0.262 e. The minimum atomic E-state index is -4.30. The molecule has 144 valence electrons. The van der Waals surface area contributed by atoms with Crippen molar-refractivity contribution in [3.05, 3.63) is 89.5 Å². The van der Waals surface area contributed by atoms with E-state index in [0.29, 0.717) is 23.9 Å². The van der Waals surface area contributed by atoms with Crippen LogP contribution in [0.1, 0.15) is 15.9 Å². The number of carbonyl (C=O) groups excluding carboxylic acids is 1. The Kier molecular flexibility index (Phi) is 5.41. The maximum Gasteiger partial charge on any atom is 0.262 e. The highest BCUT2D eigenvalue weighted by Gasteiger charge is 2.20. The van der Waals surface area contributed by atoms with Crippen LogP contribution in [-0.2, 0) is 10.0 Å². The molecule has 0 saturated heterocycles. The molecule has 1 amide bonds. The highest BCUT2D eigenvalue weighted by Crippen LogP contribution is 2.22. The summed E-state index contributed by atoms with van der Waals surface area (Å²) in [7, 11) is -4.30. The Hall–Kier alpha value is -3.26. The maximum absolute atomic E-state index is 13.4. The van der Waals surface area contributed by atoms with Crippen molar-refractivity contribution >= 4 is 27.3 Å². The largest absolute Gasteiger partial charge is 0.322 e. The number of halogens is 2. The highest BCUT2D eigenvalue weighted by molar-refractivity contribution is 7.92. The van der Waals surface area contributed by atoms with Crippen LogP contribution < -0.4 is 10.0 Å². The molecule has 0 radical (unpaired) electrons. The minimum absolute atomic E-state index is 0.0164. The van der Waals surface area contributed by atoms with Gasteiger partial charge >= 0.3 is 0 Å². The molecular weight excluding hydrogens is 386 g/mol. The lowest BCUT2D eigenvalue weighted by Gasteiger charge is -2.13. The molecular formula is C20H16F2N2O3S. The molecule has 0 aliphatic carbocycles. The Morgan fingerprint density at radius 2 is 1.57 bits per heavy atom. The van der Waals surface area contributed by atoms with Crippen molar-refractivity contribution in [3.8, 4) is 0 Å². The number of sulfonamides is 1. The van der Waals surface area contributed by atoms with Gasteiger partial charge in [-0.3, -0.25) is 9.52 Å². The third-order valence-electron chi connectivity index (χ3n) is 3.84. The molecule has 28 heavy (non-hydrogen) atoms. The summed E-state index contributed by atoms with van der Waals surface area (Å²) in [6, 6.07) is 15.0. The van der Waals surface area contributed by atoms with Crippen LogP contribution in [0.25, 0.3) is 0 Å². The fourth-order valence-electron chi connectivity index (χ4n) is 2.58. The van der Waals surface area contributed by atoms with Gasteiger partial charge in [0.05, 0.1) is 16.1 Å². The van der Waals surface area contributed by atoms with E-state index in [1.807, 2.05) is 13.0 Å². The number of hydrogen-bond acceptors (Lipinski definition) is 3. The summed E-state index contributed by atoms with van der Waals surface area (Å²) in [5.41, 5.74) is 1.54. The second-order valence-electron chi connectivity index (χ2n) is 6.08. The number of hydrogen-bond donors (Lipinski definition) is 2. The van der Waals surface area contributed by atoms with Crippen LogP contribution >= 0.6 is 0 Å². The predicted molar refractivity (Wildman–Crippen MR) is 103 cm³/mol. The quantitative estimate of drug-likeness (QED) is 0.667. The molecule has 0 spiro atoms. The summed E-state index contributed by atoms with van der Waals surface area (Å²) >= 11 is 0. The van der Waals surface area contributed by atoms with Crippen molar-refractivity contribution in [3.63, 3.8) is 0 Å². The first kappa shape index (κ1) is 19.5. The van der Waals surface area contributed by atoms with Gasteiger partial charge in [0.25, 0.3) is 15.9 Å². The molecule has 0 fully saturated rings. The number of nitrogens with one attached hydrogen (secondary N) is 2. The van der Waals surface area contributed by atoms with Crippen molar-refractivity contribution < 1.29 is 22.0 Å². The number of carbonyl (C=O) groups is 1. The van der Waals surface area contributed by atoms with Gasteiger partial charge in [0.15, 0.2) is 0 Å². The van der Waals surface area contributed by atoms with E-state index in [1.54, 1.807) is 24.3 Å². The Morgan fingerprint density at radius 1 is 0.893 bits per heavy atom. The molecule has 0 aliphatic heterocycles. The van der Waals surface area contributed by atoms with Gasteiger partial charge in [-0.05, 0) is 48.9 Å². The Labute approximate surface area is 161 Å². The van der Waals surface area contributed by atoms with Gasteiger partial charge in [-0.15, -0.1) is 0 Å². The average molecular weight is 402 g/mol. The number of benzene rings is 3. The van der Waals surface area contributed by atoms with E-state index in [1.165, 1.54) is 18.2 Å². The lowest BCUT2D eigenvalue weighted by Crippen LogP contribution is -2.19. The molecule has 0 unspecified atom stereocenters. The van der Waals surface area contributed by atoms with Crippen LogP contribution in [-0.4, -0.2) is 14.3 Å². The fourth-order valence-corrected chi connectivity index (χ4v) is 3.70. The van der Waals surface area contributed by atoms with E-state index < -0.39 is 32.5 Å². The number of para-hydroxylation sites is 1. The summed E-state index contributed by atoms with van der Waals surface area (Å²) in [6.45, 7) is 1.87. The average Bonchev–Trinajstić information content (AvgIpc) is 2.61. The van der Waals surface area contributed by atoms with Crippen molar-refractivity contribution in [2.75, 3.05) is 10.0 Å². The molecule has 5 nitrogen and oxygen atoms in total. The second kappa shape index (κ2) is 7.77. The minimum Gasteiger partial charge on any atom is -0.322 e. The summed E-state index contributed by atoms with van der Waals surface area (Å²) in [5, 5.41) is 2.69. The SMILES string of the molecule is Cc1cccc(NC(=O)c2ccccc2NS(=O)(=O)c2cc(F)cc(F)c2)c1. The van der Waals surface area contributed by atoms with Gasteiger partial charge in [-0.2, -0.15) is 0 Å². The van der Waals surface area contributed by atoms with Crippen molar-refractivity contribution in [1.82, 2.24) is 0 Å². The lowest BCUT2D eigenvalue weighted by atomic mass is 10.1. The summed E-state index contributed by atoms with van der Waals surface area (Å²) in [4.78, 5) is 12.0. The van der Waals surface area contributed by atoms with Gasteiger partial charge in [-0.25, -0.2) is 17.2 Å². The van der Waals surface area contributed by atoms with E-state index in [9.17, 15) is 22.0 Å². The maximum atomic E-state index is 13.4. The summed E-state index contributed by atoms with van der Waals surface area (Å²) in [6.07, 6.45) is 0. The summed E-state index contributed by atoms with van der Waals surface area (Å²) in [5.74, 6) is -2.58. The molecule has 2 N–H and O–H groups in total. The molecule has 0 aliphatic rings. The van der Waals surface area contributed by atoms with Gasteiger partial charge < -0.3 is 5.32 Å². The zero-order valence-electron chi connectivity index (χ0n) is 14.7. The number of amides is 1. The first-order valence-electron chi connectivity index (χ1n) is 8.20.